The van der Waals surface area contributed by atoms with Gasteiger partial charge in [0.05, 0.1) is 0 Å². The number of nitrogens with two attached hydrogens (primary N) is 3. The molecular weight excluding hydrogens is 392 g/mol. The van der Waals surface area contributed by atoms with Gasteiger partial charge in [0.15, 0.2) is 0 Å². The minimum absolute atomic E-state index is 0.520. The van der Waals surface area contributed by atoms with Crippen LogP contribution in [0.5, 0.6) is 0 Å². The van der Waals surface area contributed by atoms with Gasteiger partial charge in [0.1, 0.15) is 12.3 Å². The molecule has 1 atom stereocenters. The topological polar surface area (TPSA) is 136 Å². The van der Waals surface area contributed by atoms with E-state index in [1.807, 2.05) is 47.5 Å². The minimum atomic E-state index is -0.933. The van der Waals surface area contributed by atoms with Crippen molar-refractivity contribution in [3.05, 3.63) is 60.2 Å². The Bertz CT molecular complexity index is 732. The molecule has 170 valence electrons. The molecule has 0 unspecified atom stereocenters. The SMILES string of the molecule is NCCCC[C@H](N)C(=O)O.NN1CCCCC1.O=Cc1ccc(-c2ccccc2)cc1. The van der Waals surface area contributed by atoms with E-state index in [2.05, 4.69) is 12.1 Å². The lowest BCUT2D eigenvalue weighted by atomic mass is 10.0. The van der Waals surface area contributed by atoms with Gasteiger partial charge in [-0.15, -0.1) is 0 Å². The first-order valence-corrected chi connectivity index (χ1v) is 10.8. The summed E-state index contributed by atoms with van der Waals surface area (Å²) in [5, 5.41) is 10.2. The van der Waals surface area contributed by atoms with Crippen LogP contribution in [0.25, 0.3) is 11.1 Å². The smallest absolute Gasteiger partial charge is 0.320 e. The number of hydrazine groups is 1. The molecule has 31 heavy (non-hydrogen) atoms. The lowest BCUT2D eigenvalue weighted by molar-refractivity contribution is -0.138. The molecule has 7 heteroatoms. The lowest BCUT2D eigenvalue weighted by Crippen LogP contribution is -2.35. The summed E-state index contributed by atoms with van der Waals surface area (Å²) in [6.07, 6.45) is 6.97. The summed E-state index contributed by atoms with van der Waals surface area (Å²) in [6, 6.07) is 17.0. The van der Waals surface area contributed by atoms with Gasteiger partial charge >= 0.3 is 5.97 Å². The number of aldehydes is 1. The van der Waals surface area contributed by atoms with Crippen LogP contribution in [0.4, 0.5) is 0 Å². The maximum atomic E-state index is 10.5. The number of hydrogen-bond acceptors (Lipinski definition) is 6. The van der Waals surface area contributed by atoms with Crippen LogP contribution < -0.4 is 17.3 Å². The Morgan fingerprint density at radius 1 is 0.968 bits per heavy atom. The van der Waals surface area contributed by atoms with E-state index < -0.39 is 12.0 Å². The molecule has 0 aromatic heterocycles. The van der Waals surface area contributed by atoms with E-state index in [1.165, 1.54) is 24.8 Å². The van der Waals surface area contributed by atoms with Crippen LogP contribution in [0.15, 0.2) is 54.6 Å². The first kappa shape index (κ1) is 26.5. The molecule has 0 bridgehead atoms. The van der Waals surface area contributed by atoms with Crippen LogP contribution in [-0.2, 0) is 4.79 Å². The fraction of sp³-hybridized carbons (Fsp3) is 0.417. The second-order valence-corrected chi connectivity index (χ2v) is 7.43. The number of carbonyl (C=O) groups is 2. The highest BCUT2D eigenvalue weighted by Crippen LogP contribution is 2.18. The van der Waals surface area contributed by atoms with Crippen LogP contribution in [0.3, 0.4) is 0 Å². The third-order valence-corrected chi connectivity index (χ3v) is 4.83. The van der Waals surface area contributed by atoms with Gasteiger partial charge in [0, 0.05) is 18.7 Å². The quantitative estimate of drug-likeness (QED) is 0.302. The number of piperidine rings is 1. The van der Waals surface area contributed by atoms with Crippen LogP contribution in [0.2, 0.25) is 0 Å². The lowest BCUT2D eigenvalue weighted by Gasteiger charge is -2.20. The van der Waals surface area contributed by atoms with E-state index in [9.17, 15) is 9.59 Å². The maximum Gasteiger partial charge on any atom is 0.320 e. The highest BCUT2D eigenvalue weighted by molar-refractivity contribution is 5.76. The third-order valence-electron chi connectivity index (χ3n) is 4.83. The molecule has 1 heterocycles. The van der Waals surface area contributed by atoms with E-state index in [0.29, 0.717) is 18.5 Å². The van der Waals surface area contributed by atoms with Gasteiger partial charge in [-0.25, -0.2) is 5.01 Å². The Morgan fingerprint density at radius 3 is 2.00 bits per heavy atom. The van der Waals surface area contributed by atoms with E-state index in [4.69, 9.17) is 22.4 Å². The Balaban J connectivity index is 0.000000248. The summed E-state index contributed by atoms with van der Waals surface area (Å²) in [5.41, 5.74) is 13.4. The predicted molar refractivity (Wildman–Crippen MR) is 125 cm³/mol. The Morgan fingerprint density at radius 2 is 1.55 bits per heavy atom. The Kier molecular flexibility index (Phi) is 13.8. The molecule has 1 aliphatic rings. The molecule has 7 N–H and O–H groups in total. The summed E-state index contributed by atoms with van der Waals surface area (Å²) in [4.78, 5) is 20.6. The number of hydrogen-bond donors (Lipinski definition) is 4. The normalized spacial score (nSPS) is 14.3. The Labute approximate surface area is 185 Å². The number of nitrogens with zero attached hydrogens (tertiary/aromatic N) is 1. The zero-order valence-corrected chi connectivity index (χ0v) is 18.2. The van der Waals surface area contributed by atoms with Crippen molar-refractivity contribution < 1.29 is 14.7 Å². The first-order chi connectivity index (χ1) is 15.0. The van der Waals surface area contributed by atoms with Gasteiger partial charge in [0.2, 0.25) is 0 Å². The van der Waals surface area contributed by atoms with Crippen molar-refractivity contribution in [1.29, 1.82) is 0 Å². The van der Waals surface area contributed by atoms with Gasteiger partial charge in [-0.3, -0.25) is 15.4 Å². The Hall–Kier alpha value is -2.58. The van der Waals surface area contributed by atoms with E-state index in [-0.39, 0.29) is 0 Å². The van der Waals surface area contributed by atoms with Crippen molar-refractivity contribution in [2.24, 2.45) is 17.3 Å². The van der Waals surface area contributed by atoms with E-state index in [1.54, 1.807) is 0 Å². The average molecular weight is 429 g/mol. The van der Waals surface area contributed by atoms with Crippen LogP contribution in [0, 0.1) is 0 Å². The van der Waals surface area contributed by atoms with Crippen molar-refractivity contribution in [2.45, 2.75) is 44.6 Å². The summed E-state index contributed by atoms with van der Waals surface area (Å²) < 4.78 is 0. The van der Waals surface area contributed by atoms with Crippen LogP contribution >= 0.6 is 0 Å². The van der Waals surface area contributed by atoms with Gasteiger partial charge in [-0.05, 0) is 43.4 Å². The number of carboxylic acid groups (broad SMARTS) is 1. The molecular formula is C24H36N4O3. The number of carboxylic acids is 1. The molecule has 1 aliphatic heterocycles. The van der Waals surface area contributed by atoms with Gasteiger partial charge in [0.25, 0.3) is 0 Å². The van der Waals surface area contributed by atoms with Crippen molar-refractivity contribution >= 4 is 12.3 Å². The standard InChI is InChI=1S/C13H10O.C6H14N2O2.C5H12N2/c14-10-11-6-8-13(9-7-11)12-4-2-1-3-5-12;7-4-2-1-3-5(8)6(9)10;6-7-4-2-1-3-5-7/h1-10H;5H,1-4,7-8H2,(H,9,10);1-6H2/t;5-;/m.0./s1. The first-order valence-electron chi connectivity index (χ1n) is 10.8. The van der Waals surface area contributed by atoms with Crippen LogP contribution in [-0.4, -0.2) is 48.0 Å². The molecule has 1 saturated heterocycles. The number of rotatable bonds is 7. The average Bonchev–Trinajstić information content (AvgIpc) is 2.81. The van der Waals surface area contributed by atoms with Gasteiger partial charge < -0.3 is 16.6 Å². The summed E-state index contributed by atoms with van der Waals surface area (Å²) in [5.74, 6) is 4.53. The summed E-state index contributed by atoms with van der Waals surface area (Å²) in [7, 11) is 0. The third kappa shape index (κ3) is 12.0. The molecule has 0 amide bonds. The van der Waals surface area contributed by atoms with E-state index >= 15 is 0 Å². The second kappa shape index (κ2) is 16.2. The van der Waals surface area contributed by atoms with Crippen molar-refractivity contribution in [1.82, 2.24) is 5.01 Å². The van der Waals surface area contributed by atoms with Crippen LogP contribution in [0.1, 0.15) is 48.9 Å². The zero-order valence-electron chi connectivity index (χ0n) is 18.2. The highest BCUT2D eigenvalue weighted by atomic mass is 16.4. The number of carbonyl (C=O) groups excluding carboxylic acids is 1. The molecule has 3 rings (SSSR count). The van der Waals surface area contributed by atoms with Gasteiger partial charge in [-0.2, -0.15) is 0 Å². The molecule has 0 saturated carbocycles. The minimum Gasteiger partial charge on any atom is -0.480 e. The van der Waals surface area contributed by atoms with E-state index in [0.717, 1.165) is 37.8 Å². The van der Waals surface area contributed by atoms with Crippen molar-refractivity contribution in [3.63, 3.8) is 0 Å². The summed E-state index contributed by atoms with van der Waals surface area (Å²) >= 11 is 0. The molecule has 7 nitrogen and oxygen atoms in total. The van der Waals surface area contributed by atoms with Crippen molar-refractivity contribution in [3.8, 4) is 11.1 Å². The fourth-order valence-electron chi connectivity index (χ4n) is 2.94. The number of aliphatic carboxylic acids is 1. The monoisotopic (exact) mass is 428 g/mol. The molecule has 0 radical (unpaired) electrons. The number of unbranched alkanes of at least 4 members (excludes halogenated alkanes) is 1. The maximum absolute atomic E-state index is 10.5. The molecule has 2 aromatic rings. The predicted octanol–water partition coefficient (Wildman–Crippen LogP) is 3.04. The zero-order chi connectivity index (χ0) is 22.9. The molecule has 1 fully saturated rings. The molecule has 2 aromatic carbocycles. The fourth-order valence-corrected chi connectivity index (χ4v) is 2.94. The largest absolute Gasteiger partial charge is 0.480 e. The van der Waals surface area contributed by atoms with Crippen molar-refractivity contribution in [2.75, 3.05) is 19.6 Å². The van der Waals surface area contributed by atoms with Gasteiger partial charge in [-0.1, -0.05) is 67.4 Å². The molecule has 0 spiro atoms. The second-order valence-electron chi connectivity index (χ2n) is 7.43. The summed E-state index contributed by atoms with van der Waals surface area (Å²) in [6.45, 7) is 2.80. The number of benzene rings is 2. The highest BCUT2D eigenvalue weighted by Gasteiger charge is 2.09. The molecule has 0 aliphatic carbocycles.